The lowest BCUT2D eigenvalue weighted by Gasteiger charge is -2.59. The number of rotatable bonds is 6. The third-order valence-electron chi connectivity index (χ3n) is 6.50. The summed E-state index contributed by atoms with van der Waals surface area (Å²) >= 11 is 6.04. The van der Waals surface area contributed by atoms with Gasteiger partial charge in [0.15, 0.2) is 0 Å². The summed E-state index contributed by atoms with van der Waals surface area (Å²) in [5.74, 6) is 0.161. The standard InChI is InChI=1S/C23H23ClF3N5O2/c1-2-18-19(32-11-15(24)10-29-21(32)30-18)20(33)28-9-14-3-5-16(6-4-14)31-12-22(13-31)7-17(8-22)34-23(25,26)27/h3-6,10-11,17H,2,7-9,12-13H2,1H3,(H,28,33). The van der Waals surface area contributed by atoms with Crippen molar-refractivity contribution in [2.45, 2.75) is 45.2 Å². The quantitative estimate of drug-likeness (QED) is 0.552. The molecule has 1 amide bonds. The number of nitrogens with one attached hydrogen (secondary N) is 1. The van der Waals surface area contributed by atoms with Crippen LogP contribution < -0.4 is 10.2 Å². The molecule has 2 fully saturated rings. The van der Waals surface area contributed by atoms with E-state index < -0.39 is 12.5 Å². The summed E-state index contributed by atoms with van der Waals surface area (Å²) in [6.07, 6.45) is -0.701. The van der Waals surface area contributed by atoms with E-state index in [1.807, 2.05) is 31.2 Å². The van der Waals surface area contributed by atoms with Crippen LogP contribution in [-0.4, -0.2) is 45.8 Å². The zero-order valence-corrected chi connectivity index (χ0v) is 19.2. The fourth-order valence-corrected chi connectivity index (χ4v) is 5.06. The molecule has 2 aromatic heterocycles. The Morgan fingerprint density at radius 3 is 2.62 bits per heavy atom. The Hall–Kier alpha value is -2.85. The molecule has 1 N–H and O–H groups in total. The topological polar surface area (TPSA) is 71.8 Å². The molecule has 3 aromatic rings. The molecule has 1 spiro atoms. The Balaban J connectivity index is 1.16. The Morgan fingerprint density at radius 1 is 1.26 bits per heavy atom. The smallest absolute Gasteiger partial charge is 0.370 e. The average molecular weight is 494 g/mol. The number of amides is 1. The van der Waals surface area contributed by atoms with Gasteiger partial charge >= 0.3 is 6.36 Å². The van der Waals surface area contributed by atoms with Crippen molar-refractivity contribution < 1.29 is 22.7 Å². The second kappa shape index (κ2) is 8.42. The van der Waals surface area contributed by atoms with Crippen LogP contribution in [0, 0.1) is 5.41 Å². The van der Waals surface area contributed by atoms with Gasteiger partial charge in [0.05, 0.1) is 23.0 Å². The maximum atomic E-state index is 12.9. The molecular weight excluding hydrogens is 471 g/mol. The number of benzene rings is 1. The molecule has 5 rings (SSSR count). The molecular formula is C23H23ClF3N5O2. The lowest BCUT2D eigenvalue weighted by Crippen LogP contribution is -2.64. The first kappa shape index (κ1) is 22.9. The summed E-state index contributed by atoms with van der Waals surface area (Å²) in [7, 11) is 0. The van der Waals surface area contributed by atoms with Gasteiger partial charge in [0.25, 0.3) is 5.91 Å². The molecule has 1 aliphatic carbocycles. The average Bonchev–Trinajstić information content (AvgIpc) is 3.10. The highest BCUT2D eigenvalue weighted by Crippen LogP contribution is 2.51. The molecule has 7 nitrogen and oxygen atoms in total. The number of halogens is 4. The SMILES string of the molecule is CCc1nc2ncc(Cl)cn2c1C(=O)NCc1ccc(N2CC3(CC(OC(F)(F)F)C3)C2)cc1. The second-order valence-corrected chi connectivity index (χ2v) is 9.44. The number of hydrogen-bond acceptors (Lipinski definition) is 5. The van der Waals surface area contributed by atoms with Crippen molar-refractivity contribution in [2.24, 2.45) is 5.41 Å². The van der Waals surface area contributed by atoms with E-state index in [2.05, 4.69) is 24.9 Å². The lowest BCUT2D eigenvalue weighted by atomic mass is 9.61. The molecule has 1 aromatic carbocycles. The van der Waals surface area contributed by atoms with E-state index in [1.165, 1.54) is 6.20 Å². The van der Waals surface area contributed by atoms with Crippen LogP contribution in [0.15, 0.2) is 36.7 Å². The van der Waals surface area contributed by atoms with Crippen LogP contribution in [0.2, 0.25) is 5.02 Å². The number of imidazole rings is 1. The summed E-state index contributed by atoms with van der Waals surface area (Å²) in [4.78, 5) is 23.6. The highest BCUT2D eigenvalue weighted by Gasteiger charge is 2.55. The first-order chi connectivity index (χ1) is 16.1. The van der Waals surface area contributed by atoms with Gasteiger partial charge < -0.3 is 10.2 Å². The third kappa shape index (κ3) is 4.44. The molecule has 3 heterocycles. The monoisotopic (exact) mass is 493 g/mol. The van der Waals surface area contributed by atoms with Gasteiger partial charge in [-0.15, -0.1) is 13.2 Å². The van der Waals surface area contributed by atoms with Gasteiger partial charge in [0, 0.05) is 36.9 Å². The highest BCUT2D eigenvalue weighted by atomic mass is 35.5. The molecule has 180 valence electrons. The van der Waals surface area contributed by atoms with E-state index in [0.29, 0.717) is 48.0 Å². The van der Waals surface area contributed by atoms with Crippen molar-refractivity contribution in [1.82, 2.24) is 19.7 Å². The first-order valence-corrected chi connectivity index (χ1v) is 11.4. The van der Waals surface area contributed by atoms with E-state index in [-0.39, 0.29) is 11.3 Å². The predicted octanol–water partition coefficient (Wildman–Crippen LogP) is 4.38. The summed E-state index contributed by atoms with van der Waals surface area (Å²) in [6, 6.07) is 7.80. The molecule has 0 radical (unpaired) electrons. The van der Waals surface area contributed by atoms with E-state index in [4.69, 9.17) is 11.6 Å². The number of carbonyl (C=O) groups is 1. The normalized spacial score (nSPS) is 17.6. The van der Waals surface area contributed by atoms with E-state index >= 15 is 0 Å². The lowest BCUT2D eigenvalue weighted by molar-refractivity contribution is -0.360. The summed E-state index contributed by atoms with van der Waals surface area (Å²) in [5, 5.41) is 3.34. The van der Waals surface area contributed by atoms with Gasteiger partial charge in [-0.2, -0.15) is 0 Å². The zero-order valence-electron chi connectivity index (χ0n) is 18.4. The van der Waals surface area contributed by atoms with Gasteiger partial charge in [-0.25, -0.2) is 9.97 Å². The number of nitrogens with zero attached hydrogens (tertiary/aromatic N) is 4. The van der Waals surface area contributed by atoms with Gasteiger partial charge in [0.1, 0.15) is 5.69 Å². The number of aromatic nitrogens is 3. The Bertz CT molecular complexity index is 1210. The molecule has 1 saturated heterocycles. The van der Waals surface area contributed by atoms with Crippen LogP contribution in [0.1, 0.15) is 41.5 Å². The molecule has 34 heavy (non-hydrogen) atoms. The summed E-state index contributed by atoms with van der Waals surface area (Å²) in [6.45, 7) is 3.72. The number of anilines is 1. The highest BCUT2D eigenvalue weighted by molar-refractivity contribution is 6.30. The van der Waals surface area contributed by atoms with Crippen LogP contribution >= 0.6 is 11.6 Å². The Morgan fingerprint density at radius 2 is 1.97 bits per heavy atom. The number of aryl methyl sites for hydroxylation is 1. The number of fused-ring (bicyclic) bond motifs is 1. The first-order valence-electron chi connectivity index (χ1n) is 11.0. The van der Waals surface area contributed by atoms with Crippen molar-refractivity contribution in [1.29, 1.82) is 0 Å². The number of ether oxygens (including phenoxy) is 1. The number of hydrogen-bond donors (Lipinski definition) is 1. The molecule has 0 unspecified atom stereocenters. The fourth-order valence-electron chi connectivity index (χ4n) is 4.92. The summed E-state index contributed by atoms with van der Waals surface area (Å²) < 4.78 is 42.7. The molecule has 1 saturated carbocycles. The van der Waals surface area contributed by atoms with Crippen molar-refractivity contribution in [2.75, 3.05) is 18.0 Å². The number of carbonyl (C=O) groups excluding carboxylic acids is 1. The minimum absolute atomic E-state index is 0.0642. The Labute approximate surface area is 198 Å². The van der Waals surface area contributed by atoms with Crippen LogP contribution in [0.25, 0.3) is 5.78 Å². The van der Waals surface area contributed by atoms with Crippen molar-refractivity contribution in [3.05, 3.63) is 58.6 Å². The van der Waals surface area contributed by atoms with Crippen LogP contribution in [0.4, 0.5) is 18.9 Å². The minimum atomic E-state index is -4.56. The van der Waals surface area contributed by atoms with Gasteiger partial charge in [-0.1, -0.05) is 30.7 Å². The van der Waals surface area contributed by atoms with Crippen LogP contribution in [0.5, 0.6) is 0 Å². The van der Waals surface area contributed by atoms with Crippen molar-refractivity contribution >= 4 is 29.0 Å². The van der Waals surface area contributed by atoms with Crippen molar-refractivity contribution in [3.8, 4) is 0 Å². The maximum Gasteiger partial charge on any atom is 0.522 e. The Kier molecular flexibility index (Phi) is 5.68. The predicted molar refractivity (Wildman–Crippen MR) is 120 cm³/mol. The molecule has 11 heteroatoms. The van der Waals surface area contributed by atoms with Gasteiger partial charge in [0.2, 0.25) is 5.78 Å². The van der Waals surface area contributed by atoms with Gasteiger partial charge in [-0.05, 0) is 37.0 Å². The summed E-state index contributed by atoms with van der Waals surface area (Å²) in [5.41, 5.74) is 2.94. The van der Waals surface area contributed by atoms with Gasteiger partial charge in [-0.3, -0.25) is 13.9 Å². The van der Waals surface area contributed by atoms with E-state index in [0.717, 1.165) is 24.3 Å². The molecule has 0 bridgehead atoms. The van der Waals surface area contributed by atoms with E-state index in [9.17, 15) is 18.0 Å². The third-order valence-corrected chi connectivity index (χ3v) is 6.69. The van der Waals surface area contributed by atoms with Crippen LogP contribution in [0.3, 0.4) is 0 Å². The number of alkyl halides is 3. The zero-order chi connectivity index (χ0) is 24.1. The van der Waals surface area contributed by atoms with Crippen LogP contribution in [-0.2, 0) is 17.7 Å². The fraction of sp³-hybridized carbons (Fsp3) is 0.435. The minimum Gasteiger partial charge on any atom is -0.370 e. The molecule has 1 aliphatic heterocycles. The van der Waals surface area contributed by atoms with Crippen molar-refractivity contribution in [3.63, 3.8) is 0 Å². The maximum absolute atomic E-state index is 12.9. The molecule has 0 atom stereocenters. The molecule has 2 aliphatic rings. The largest absolute Gasteiger partial charge is 0.522 e. The van der Waals surface area contributed by atoms with E-state index in [1.54, 1.807) is 10.6 Å². The second-order valence-electron chi connectivity index (χ2n) is 9.00.